The number of H-pyrrole nitrogens is 1. The van der Waals surface area contributed by atoms with Gasteiger partial charge in [-0.05, 0) is 49.2 Å². The molecule has 4 rings (SSSR count). The van der Waals surface area contributed by atoms with Crippen molar-refractivity contribution >= 4 is 16.6 Å². The molecule has 0 amide bonds. The number of fused-ring (bicyclic) bond motifs is 1. The number of aliphatic hydroxyl groups is 3. The lowest BCUT2D eigenvalue weighted by Gasteiger charge is -2.41. The van der Waals surface area contributed by atoms with E-state index in [9.17, 15) is 20.1 Å². The first-order chi connectivity index (χ1) is 14.4. The van der Waals surface area contributed by atoms with Crippen molar-refractivity contribution in [3.05, 3.63) is 58.6 Å². The van der Waals surface area contributed by atoms with E-state index in [0.717, 1.165) is 16.5 Å². The Labute approximate surface area is 173 Å². The minimum absolute atomic E-state index is 0.195. The summed E-state index contributed by atoms with van der Waals surface area (Å²) in [5.74, 6) is 0. The molecule has 0 spiro atoms. The average Bonchev–Trinajstić information content (AvgIpc) is 2.74. The molecule has 0 aliphatic carbocycles. The number of aromatic nitrogens is 2. The molecule has 8 heteroatoms. The van der Waals surface area contributed by atoms with Crippen molar-refractivity contribution in [1.82, 2.24) is 9.97 Å². The predicted octanol–water partition coefficient (Wildman–Crippen LogP) is 1.18. The van der Waals surface area contributed by atoms with Crippen LogP contribution in [0.15, 0.2) is 47.5 Å². The van der Waals surface area contributed by atoms with E-state index in [1.807, 2.05) is 19.1 Å². The number of aromatic amines is 1. The van der Waals surface area contributed by atoms with Gasteiger partial charge in [0.2, 0.25) is 0 Å². The SMILES string of the molecule is Cc1c(-c2ccncc2)c(=O)[nH]c2cc(NC3C(C)OC(CO)C(O)C3O)ccc12. The van der Waals surface area contributed by atoms with E-state index in [1.165, 1.54) is 0 Å². The number of anilines is 1. The van der Waals surface area contributed by atoms with Crippen LogP contribution >= 0.6 is 0 Å². The van der Waals surface area contributed by atoms with Gasteiger partial charge in [-0.2, -0.15) is 0 Å². The van der Waals surface area contributed by atoms with Gasteiger partial charge in [0.1, 0.15) is 18.3 Å². The van der Waals surface area contributed by atoms with Crippen molar-refractivity contribution in [3.63, 3.8) is 0 Å². The van der Waals surface area contributed by atoms with E-state index in [-0.39, 0.29) is 12.2 Å². The Bertz CT molecular complexity index is 1100. The van der Waals surface area contributed by atoms with Crippen LogP contribution in [0, 0.1) is 6.92 Å². The number of ether oxygens (including phenoxy) is 1. The molecule has 30 heavy (non-hydrogen) atoms. The zero-order valence-electron chi connectivity index (χ0n) is 16.7. The Morgan fingerprint density at radius 1 is 1.17 bits per heavy atom. The average molecular weight is 411 g/mol. The predicted molar refractivity (Wildman–Crippen MR) is 113 cm³/mol. The maximum atomic E-state index is 12.8. The van der Waals surface area contributed by atoms with Crippen LogP contribution in [-0.4, -0.2) is 62.4 Å². The summed E-state index contributed by atoms with van der Waals surface area (Å²) in [6, 6.07) is 8.58. The normalized spacial score (nSPS) is 26.6. The summed E-state index contributed by atoms with van der Waals surface area (Å²) in [5, 5.41) is 34.0. The molecule has 1 aliphatic rings. The molecule has 1 saturated heterocycles. The van der Waals surface area contributed by atoms with Crippen LogP contribution in [-0.2, 0) is 4.74 Å². The monoisotopic (exact) mass is 411 g/mol. The van der Waals surface area contributed by atoms with Crippen LogP contribution in [0.4, 0.5) is 5.69 Å². The summed E-state index contributed by atoms with van der Waals surface area (Å²) in [6.07, 6.45) is -0.272. The van der Waals surface area contributed by atoms with Crippen molar-refractivity contribution < 1.29 is 20.1 Å². The lowest BCUT2D eigenvalue weighted by molar-refractivity contribution is -0.180. The van der Waals surface area contributed by atoms with E-state index in [1.54, 1.807) is 37.5 Å². The van der Waals surface area contributed by atoms with Gasteiger partial charge in [-0.3, -0.25) is 9.78 Å². The summed E-state index contributed by atoms with van der Waals surface area (Å²) < 4.78 is 5.61. The molecule has 8 nitrogen and oxygen atoms in total. The van der Waals surface area contributed by atoms with Gasteiger partial charge in [0, 0.05) is 23.5 Å². The highest BCUT2D eigenvalue weighted by atomic mass is 16.5. The summed E-state index contributed by atoms with van der Waals surface area (Å²) in [5.41, 5.74) is 3.41. The van der Waals surface area contributed by atoms with Crippen molar-refractivity contribution in [1.29, 1.82) is 0 Å². The number of hydrogen-bond acceptors (Lipinski definition) is 7. The van der Waals surface area contributed by atoms with Gasteiger partial charge < -0.3 is 30.4 Å². The summed E-state index contributed by atoms with van der Waals surface area (Å²) in [4.78, 5) is 19.7. The van der Waals surface area contributed by atoms with E-state index in [0.29, 0.717) is 16.8 Å². The molecule has 158 valence electrons. The molecule has 0 radical (unpaired) electrons. The van der Waals surface area contributed by atoms with Crippen LogP contribution in [0.25, 0.3) is 22.0 Å². The highest BCUT2D eigenvalue weighted by Gasteiger charge is 2.42. The molecule has 1 aromatic carbocycles. The van der Waals surface area contributed by atoms with E-state index in [4.69, 9.17) is 4.74 Å². The third kappa shape index (κ3) is 3.59. The Hall–Kier alpha value is -2.78. The molecular weight excluding hydrogens is 386 g/mol. The van der Waals surface area contributed by atoms with Crippen molar-refractivity contribution in [3.8, 4) is 11.1 Å². The van der Waals surface area contributed by atoms with Crippen molar-refractivity contribution in [2.75, 3.05) is 11.9 Å². The first-order valence-electron chi connectivity index (χ1n) is 9.86. The summed E-state index contributed by atoms with van der Waals surface area (Å²) in [7, 11) is 0. The fourth-order valence-electron chi connectivity index (χ4n) is 4.12. The molecular formula is C22H25N3O5. The zero-order chi connectivity index (χ0) is 21.4. The molecule has 1 fully saturated rings. The molecule has 0 bridgehead atoms. The highest BCUT2D eigenvalue weighted by Crippen LogP contribution is 2.29. The van der Waals surface area contributed by atoms with Crippen LogP contribution in [0.5, 0.6) is 0 Å². The molecule has 0 saturated carbocycles. The smallest absolute Gasteiger partial charge is 0.256 e. The lowest BCUT2D eigenvalue weighted by Crippen LogP contribution is -2.60. The number of nitrogens with one attached hydrogen (secondary N) is 2. The van der Waals surface area contributed by atoms with E-state index in [2.05, 4.69) is 15.3 Å². The quantitative estimate of drug-likeness (QED) is 0.436. The maximum absolute atomic E-state index is 12.8. The fourth-order valence-corrected chi connectivity index (χ4v) is 4.12. The van der Waals surface area contributed by atoms with Gasteiger partial charge >= 0.3 is 0 Å². The molecule has 2 aromatic heterocycles. The maximum Gasteiger partial charge on any atom is 0.256 e. The van der Waals surface area contributed by atoms with Crippen LogP contribution in [0.2, 0.25) is 0 Å². The van der Waals surface area contributed by atoms with E-state index >= 15 is 0 Å². The Morgan fingerprint density at radius 3 is 2.60 bits per heavy atom. The molecule has 3 heterocycles. The van der Waals surface area contributed by atoms with Crippen LogP contribution in [0.3, 0.4) is 0 Å². The third-order valence-corrected chi connectivity index (χ3v) is 5.75. The number of pyridine rings is 2. The number of rotatable bonds is 4. The molecule has 5 atom stereocenters. The highest BCUT2D eigenvalue weighted by molar-refractivity contribution is 5.90. The first kappa shape index (κ1) is 20.5. The Balaban J connectivity index is 1.67. The Kier molecular flexibility index (Phi) is 5.57. The molecule has 3 aromatic rings. The number of nitrogens with zero attached hydrogens (tertiary/aromatic N) is 1. The van der Waals surface area contributed by atoms with Crippen LogP contribution < -0.4 is 10.9 Å². The minimum atomic E-state index is -1.20. The first-order valence-corrected chi connectivity index (χ1v) is 9.86. The standard InChI is InChI=1S/C22H25N3O5/c1-11-15-4-3-14(24-19-12(2)30-17(10-26)20(27)21(19)28)9-16(15)25-22(29)18(11)13-5-7-23-8-6-13/h3-9,12,17,19-21,24,26-28H,10H2,1-2H3,(H,25,29). The minimum Gasteiger partial charge on any atom is -0.394 e. The van der Waals surface area contributed by atoms with Gasteiger partial charge in [-0.25, -0.2) is 0 Å². The second kappa shape index (κ2) is 8.16. The second-order valence-electron chi connectivity index (χ2n) is 7.66. The largest absolute Gasteiger partial charge is 0.394 e. The fraction of sp³-hybridized carbons (Fsp3) is 0.364. The Morgan fingerprint density at radius 2 is 1.90 bits per heavy atom. The summed E-state index contributed by atoms with van der Waals surface area (Å²) >= 11 is 0. The van der Waals surface area contributed by atoms with Gasteiger partial charge in [-0.15, -0.1) is 0 Å². The zero-order valence-corrected chi connectivity index (χ0v) is 16.7. The van der Waals surface area contributed by atoms with Crippen LogP contribution in [0.1, 0.15) is 12.5 Å². The number of benzene rings is 1. The third-order valence-electron chi connectivity index (χ3n) is 5.75. The van der Waals surface area contributed by atoms with E-state index < -0.39 is 30.5 Å². The van der Waals surface area contributed by atoms with Crippen molar-refractivity contribution in [2.24, 2.45) is 0 Å². The molecule has 5 unspecified atom stereocenters. The number of aliphatic hydroxyl groups excluding tert-OH is 3. The molecule has 1 aliphatic heterocycles. The summed E-state index contributed by atoms with van der Waals surface area (Å²) in [6.45, 7) is 3.31. The molecule has 5 N–H and O–H groups in total. The number of aryl methyl sites for hydroxylation is 1. The van der Waals surface area contributed by atoms with Gasteiger partial charge in [0.05, 0.1) is 29.8 Å². The van der Waals surface area contributed by atoms with Crippen molar-refractivity contribution in [2.45, 2.75) is 44.3 Å². The van der Waals surface area contributed by atoms with Gasteiger partial charge in [-0.1, -0.05) is 6.07 Å². The topological polar surface area (TPSA) is 128 Å². The number of hydrogen-bond donors (Lipinski definition) is 5. The van der Waals surface area contributed by atoms with Gasteiger partial charge in [0.25, 0.3) is 5.56 Å². The lowest BCUT2D eigenvalue weighted by atomic mass is 9.93. The second-order valence-corrected chi connectivity index (χ2v) is 7.66. The van der Waals surface area contributed by atoms with Gasteiger partial charge in [0.15, 0.2) is 0 Å².